The highest BCUT2D eigenvalue weighted by Crippen LogP contribution is 2.37. The fraction of sp³-hybridized carbons (Fsp3) is 0.533. The van der Waals surface area contributed by atoms with Crippen LogP contribution in [0.3, 0.4) is 0 Å². The van der Waals surface area contributed by atoms with E-state index in [1.165, 1.54) is 12.7 Å². The first-order valence-corrected chi connectivity index (χ1v) is 6.52. The molecule has 18 heavy (non-hydrogen) atoms. The molecule has 0 aliphatic carbocycles. The number of esters is 1. The zero-order chi connectivity index (χ0) is 13.1. The third-order valence-corrected chi connectivity index (χ3v) is 3.82. The summed E-state index contributed by atoms with van der Waals surface area (Å²) in [7, 11) is 1.45. The minimum absolute atomic E-state index is 0.154. The van der Waals surface area contributed by atoms with Gasteiger partial charge < -0.3 is 4.74 Å². The molecule has 1 fully saturated rings. The van der Waals surface area contributed by atoms with Crippen molar-refractivity contribution in [2.75, 3.05) is 7.11 Å². The lowest BCUT2D eigenvalue weighted by Crippen LogP contribution is -2.33. The molecule has 1 heterocycles. The zero-order valence-corrected chi connectivity index (χ0v) is 11.2. The third kappa shape index (κ3) is 2.56. The lowest BCUT2D eigenvalue weighted by molar-refractivity contribution is -0.142. The van der Waals surface area contributed by atoms with E-state index in [1.807, 2.05) is 18.2 Å². The number of ether oxygens (including phenoxy) is 1. The molecule has 1 aromatic carbocycles. The number of carbonyl (C=O) groups is 1. The SMILES string of the molecule is COC(=O)[C@@H]1C[C@@H](C(C)C)[C@@H](c2ccccc2)N1. The highest BCUT2D eigenvalue weighted by atomic mass is 16.5. The minimum Gasteiger partial charge on any atom is -0.468 e. The lowest BCUT2D eigenvalue weighted by Gasteiger charge is -2.23. The van der Waals surface area contributed by atoms with Gasteiger partial charge >= 0.3 is 5.97 Å². The Bertz CT molecular complexity index is 402. The summed E-state index contributed by atoms with van der Waals surface area (Å²) in [6.07, 6.45) is 0.851. The molecule has 1 saturated heterocycles. The molecular formula is C15H21NO2. The van der Waals surface area contributed by atoms with E-state index in [0.717, 1.165) is 6.42 Å². The van der Waals surface area contributed by atoms with Crippen molar-refractivity contribution < 1.29 is 9.53 Å². The van der Waals surface area contributed by atoms with Gasteiger partial charge in [-0.25, -0.2) is 0 Å². The fourth-order valence-corrected chi connectivity index (χ4v) is 2.78. The molecule has 0 unspecified atom stereocenters. The van der Waals surface area contributed by atoms with E-state index in [1.54, 1.807) is 0 Å². The van der Waals surface area contributed by atoms with Crippen LogP contribution in [0.15, 0.2) is 30.3 Å². The van der Waals surface area contributed by atoms with Gasteiger partial charge in [-0.3, -0.25) is 10.1 Å². The number of methoxy groups -OCH3 is 1. The van der Waals surface area contributed by atoms with Crippen LogP contribution in [-0.2, 0) is 9.53 Å². The van der Waals surface area contributed by atoms with Crippen LogP contribution < -0.4 is 5.32 Å². The van der Waals surface area contributed by atoms with Gasteiger partial charge in [-0.2, -0.15) is 0 Å². The standard InChI is InChI=1S/C15H21NO2/c1-10(2)12-9-13(15(17)18-3)16-14(12)11-7-5-4-6-8-11/h4-8,10,12-14,16H,9H2,1-3H3/t12-,13-,14+/m0/s1. The molecule has 0 bridgehead atoms. The largest absolute Gasteiger partial charge is 0.468 e. The van der Waals surface area contributed by atoms with E-state index >= 15 is 0 Å². The van der Waals surface area contributed by atoms with Crippen LogP contribution in [0.2, 0.25) is 0 Å². The van der Waals surface area contributed by atoms with Gasteiger partial charge in [0.2, 0.25) is 0 Å². The van der Waals surface area contributed by atoms with Gasteiger partial charge in [0.05, 0.1) is 7.11 Å². The number of hydrogen-bond donors (Lipinski definition) is 1. The quantitative estimate of drug-likeness (QED) is 0.834. The van der Waals surface area contributed by atoms with Crippen molar-refractivity contribution in [3.63, 3.8) is 0 Å². The highest BCUT2D eigenvalue weighted by Gasteiger charge is 2.39. The summed E-state index contributed by atoms with van der Waals surface area (Å²) < 4.78 is 4.84. The van der Waals surface area contributed by atoms with Crippen molar-refractivity contribution in [2.24, 2.45) is 11.8 Å². The second-order valence-corrected chi connectivity index (χ2v) is 5.27. The smallest absolute Gasteiger partial charge is 0.322 e. The molecular weight excluding hydrogens is 226 g/mol. The van der Waals surface area contributed by atoms with E-state index in [-0.39, 0.29) is 18.1 Å². The molecule has 3 nitrogen and oxygen atoms in total. The van der Waals surface area contributed by atoms with Gasteiger partial charge in [-0.05, 0) is 23.8 Å². The Balaban J connectivity index is 2.20. The normalized spacial score (nSPS) is 27.4. The van der Waals surface area contributed by atoms with E-state index in [9.17, 15) is 4.79 Å². The molecule has 2 rings (SSSR count). The lowest BCUT2D eigenvalue weighted by atomic mass is 9.85. The van der Waals surface area contributed by atoms with Crippen molar-refractivity contribution in [1.82, 2.24) is 5.32 Å². The molecule has 0 spiro atoms. The van der Waals surface area contributed by atoms with Crippen LogP contribution in [0.25, 0.3) is 0 Å². The summed E-state index contributed by atoms with van der Waals surface area (Å²) in [6.45, 7) is 4.42. The Morgan fingerprint density at radius 3 is 2.56 bits per heavy atom. The van der Waals surface area contributed by atoms with E-state index in [2.05, 4.69) is 31.3 Å². The van der Waals surface area contributed by atoms with Crippen molar-refractivity contribution >= 4 is 5.97 Å². The Kier molecular flexibility index (Phi) is 4.02. The number of benzene rings is 1. The molecule has 3 atom stereocenters. The first-order valence-electron chi connectivity index (χ1n) is 6.52. The van der Waals surface area contributed by atoms with Crippen LogP contribution in [0.5, 0.6) is 0 Å². The van der Waals surface area contributed by atoms with E-state index in [0.29, 0.717) is 11.8 Å². The van der Waals surface area contributed by atoms with E-state index < -0.39 is 0 Å². The maximum absolute atomic E-state index is 11.7. The molecule has 98 valence electrons. The number of carbonyl (C=O) groups excluding carboxylic acids is 1. The summed E-state index contributed by atoms with van der Waals surface area (Å²) in [5.41, 5.74) is 1.25. The maximum Gasteiger partial charge on any atom is 0.322 e. The summed E-state index contributed by atoms with van der Waals surface area (Å²) in [5.74, 6) is 0.855. The second-order valence-electron chi connectivity index (χ2n) is 5.27. The monoisotopic (exact) mass is 247 g/mol. The highest BCUT2D eigenvalue weighted by molar-refractivity contribution is 5.76. The van der Waals surface area contributed by atoms with Crippen LogP contribution in [0.1, 0.15) is 31.9 Å². The molecule has 0 saturated carbocycles. The van der Waals surface area contributed by atoms with Crippen LogP contribution in [0.4, 0.5) is 0 Å². The Morgan fingerprint density at radius 1 is 1.33 bits per heavy atom. The van der Waals surface area contributed by atoms with Crippen molar-refractivity contribution in [3.05, 3.63) is 35.9 Å². The van der Waals surface area contributed by atoms with Gasteiger partial charge in [0, 0.05) is 6.04 Å². The second kappa shape index (κ2) is 5.53. The average Bonchev–Trinajstić information content (AvgIpc) is 2.84. The Labute approximate surface area is 109 Å². The first-order chi connectivity index (χ1) is 8.63. The maximum atomic E-state index is 11.7. The van der Waals surface area contributed by atoms with Gasteiger partial charge in [0.25, 0.3) is 0 Å². The van der Waals surface area contributed by atoms with Crippen LogP contribution in [-0.4, -0.2) is 19.1 Å². The molecule has 1 aliphatic rings. The topological polar surface area (TPSA) is 38.3 Å². The van der Waals surface area contributed by atoms with Crippen LogP contribution in [0, 0.1) is 11.8 Å². The summed E-state index contributed by atoms with van der Waals surface area (Å²) in [6, 6.07) is 10.4. The molecule has 1 aromatic rings. The predicted molar refractivity (Wildman–Crippen MR) is 71.1 cm³/mol. The number of nitrogens with one attached hydrogen (secondary N) is 1. The van der Waals surface area contributed by atoms with E-state index in [4.69, 9.17) is 4.74 Å². The number of rotatable bonds is 3. The third-order valence-electron chi connectivity index (χ3n) is 3.82. The summed E-state index contributed by atoms with van der Waals surface area (Å²) >= 11 is 0. The Morgan fingerprint density at radius 2 is 2.00 bits per heavy atom. The summed E-state index contributed by atoms with van der Waals surface area (Å²) in [5, 5.41) is 3.41. The first kappa shape index (κ1) is 13.1. The molecule has 3 heteroatoms. The van der Waals surface area contributed by atoms with Gasteiger partial charge in [0.15, 0.2) is 0 Å². The minimum atomic E-state index is -0.174. The van der Waals surface area contributed by atoms with Gasteiger partial charge in [0.1, 0.15) is 6.04 Å². The zero-order valence-electron chi connectivity index (χ0n) is 11.2. The molecule has 0 radical (unpaired) electrons. The van der Waals surface area contributed by atoms with Gasteiger partial charge in [-0.15, -0.1) is 0 Å². The van der Waals surface area contributed by atoms with Gasteiger partial charge in [-0.1, -0.05) is 44.2 Å². The van der Waals surface area contributed by atoms with Crippen molar-refractivity contribution in [2.45, 2.75) is 32.4 Å². The molecule has 1 aliphatic heterocycles. The van der Waals surface area contributed by atoms with Crippen molar-refractivity contribution in [3.8, 4) is 0 Å². The number of hydrogen-bond acceptors (Lipinski definition) is 3. The fourth-order valence-electron chi connectivity index (χ4n) is 2.78. The molecule has 0 amide bonds. The van der Waals surface area contributed by atoms with Crippen molar-refractivity contribution in [1.29, 1.82) is 0 Å². The molecule has 1 N–H and O–H groups in total. The van der Waals surface area contributed by atoms with Crippen LogP contribution >= 0.6 is 0 Å². The Hall–Kier alpha value is -1.35. The summed E-state index contributed by atoms with van der Waals surface area (Å²) in [4.78, 5) is 11.7. The predicted octanol–water partition coefficient (Wildman–Crippen LogP) is 2.53. The average molecular weight is 247 g/mol. The molecule has 0 aromatic heterocycles.